The molecule has 1 saturated heterocycles. The maximum Gasteiger partial charge on any atom is 0.337 e. The number of piperazine rings is 1. The van der Waals surface area contributed by atoms with Crippen molar-refractivity contribution < 1.29 is 19.1 Å². The van der Waals surface area contributed by atoms with Crippen LogP contribution < -0.4 is 15.0 Å². The van der Waals surface area contributed by atoms with E-state index in [1.807, 2.05) is 37.3 Å². The number of nitrogens with zero attached hydrogens (tertiary/aromatic N) is 2. The molecule has 7 nitrogen and oxygen atoms in total. The van der Waals surface area contributed by atoms with E-state index in [9.17, 15) is 9.59 Å². The Morgan fingerprint density at radius 3 is 2.37 bits per heavy atom. The molecule has 0 spiro atoms. The number of amides is 1. The normalized spacial score (nSPS) is 13.9. The average Bonchev–Trinajstić information content (AvgIpc) is 2.92. The van der Waals surface area contributed by atoms with Gasteiger partial charge in [-0.3, -0.25) is 9.69 Å². The SMILES string of the molecule is COC(=O)c1ccc(N2CCN(Cc3ccccc3)CC2)c(NC(=O)COc2cc(C)ccc2C(C)C)c1. The van der Waals surface area contributed by atoms with Gasteiger partial charge in [0.25, 0.3) is 5.91 Å². The molecule has 1 N–H and O–H groups in total. The number of rotatable bonds is 9. The van der Waals surface area contributed by atoms with Crippen molar-refractivity contribution in [3.63, 3.8) is 0 Å². The number of hydrogen-bond acceptors (Lipinski definition) is 6. The predicted molar refractivity (Wildman–Crippen MR) is 151 cm³/mol. The van der Waals surface area contributed by atoms with Crippen LogP contribution >= 0.6 is 0 Å². The molecular formula is C31H37N3O4. The third-order valence-electron chi connectivity index (χ3n) is 6.80. The minimum atomic E-state index is -0.447. The van der Waals surface area contributed by atoms with Crippen molar-refractivity contribution in [2.75, 3.05) is 50.1 Å². The fraction of sp³-hybridized carbons (Fsp3) is 0.355. The number of aryl methyl sites for hydroxylation is 1. The second-order valence-electron chi connectivity index (χ2n) is 10.0. The molecular weight excluding hydrogens is 478 g/mol. The molecule has 0 unspecified atom stereocenters. The van der Waals surface area contributed by atoms with E-state index < -0.39 is 5.97 Å². The van der Waals surface area contributed by atoms with Crippen LogP contribution in [0.25, 0.3) is 0 Å². The summed E-state index contributed by atoms with van der Waals surface area (Å²) >= 11 is 0. The Kier molecular flexibility index (Phi) is 9.02. The Bertz CT molecular complexity index is 1250. The standard InChI is InChI=1S/C31H37N3O4/c1-22(2)26-12-10-23(3)18-29(26)38-21-30(35)32-27-19-25(31(36)37-4)11-13-28(27)34-16-14-33(15-17-34)20-24-8-6-5-7-9-24/h5-13,18-19,22H,14-17,20-21H2,1-4H3,(H,32,35). The Morgan fingerprint density at radius 2 is 1.68 bits per heavy atom. The molecule has 0 bridgehead atoms. The Balaban J connectivity index is 1.46. The summed E-state index contributed by atoms with van der Waals surface area (Å²) in [5.41, 5.74) is 5.27. The van der Waals surface area contributed by atoms with Crippen molar-refractivity contribution in [3.8, 4) is 5.75 Å². The van der Waals surface area contributed by atoms with E-state index in [-0.39, 0.29) is 18.4 Å². The van der Waals surface area contributed by atoms with Gasteiger partial charge in [-0.1, -0.05) is 56.3 Å². The third-order valence-corrected chi connectivity index (χ3v) is 6.80. The number of hydrogen-bond donors (Lipinski definition) is 1. The molecule has 3 aromatic carbocycles. The smallest absolute Gasteiger partial charge is 0.337 e. The third kappa shape index (κ3) is 6.92. The zero-order chi connectivity index (χ0) is 27.1. The Hall–Kier alpha value is -3.84. The highest BCUT2D eigenvalue weighted by atomic mass is 16.5. The summed E-state index contributed by atoms with van der Waals surface area (Å²) in [5.74, 6) is 0.260. The molecule has 0 aliphatic carbocycles. The summed E-state index contributed by atoms with van der Waals surface area (Å²) in [6.07, 6.45) is 0. The van der Waals surface area contributed by atoms with Crippen LogP contribution in [-0.2, 0) is 16.1 Å². The fourth-order valence-electron chi connectivity index (χ4n) is 4.72. The number of ether oxygens (including phenoxy) is 2. The van der Waals surface area contributed by atoms with Crippen molar-refractivity contribution in [2.45, 2.75) is 33.2 Å². The van der Waals surface area contributed by atoms with Gasteiger partial charge in [-0.2, -0.15) is 0 Å². The molecule has 0 aromatic heterocycles. The highest BCUT2D eigenvalue weighted by Gasteiger charge is 2.22. The molecule has 4 rings (SSSR count). The van der Waals surface area contributed by atoms with Crippen LogP contribution in [-0.4, -0.2) is 56.7 Å². The van der Waals surface area contributed by atoms with Gasteiger partial charge in [-0.25, -0.2) is 4.79 Å². The van der Waals surface area contributed by atoms with E-state index in [0.717, 1.165) is 49.5 Å². The number of benzene rings is 3. The van der Waals surface area contributed by atoms with Gasteiger partial charge in [0.2, 0.25) is 0 Å². The zero-order valence-electron chi connectivity index (χ0n) is 22.7. The molecule has 1 aliphatic rings. The fourth-order valence-corrected chi connectivity index (χ4v) is 4.72. The molecule has 1 heterocycles. The first-order chi connectivity index (χ1) is 18.3. The van der Waals surface area contributed by atoms with Crippen LogP contribution in [0.2, 0.25) is 0 Å². The summed E-state index contributed by atoms with van der Waals surface area (Å²) in [6, 6.07) is 21.8. The van der Waals surface area contributed by atoms with Crippen molar-refractivity contribution in [1.82, 2.24) is 4.90 Å². The molecule has 0 atom stereocenters. The van der Waals surface area contributed by atoms with Crippen molar-refractivity contribution in [3.05, 3.63) is 89.0 Å². The molecule has 7 heteroatoms. The summed E-state index contributed by atoms with van der Waals surface area (Å²) in [7, 11) is 1.35. The summed E-state index contributed by atoms with van der Waals surface area (Å²) < 4.78 is 10.9. The topological polar surface area (TPSA) is 71.1 Å². The van der Waals surface area contributed by atoms with Gasteiger partial charge in [-0.05, 0) is 53.8 Å². The van der Waals surface area contributed by atoms with E-state index in [0.29, 0.717) is 17.0 Å². The molecule has 0 saturated carbocycles. The summed E-state index contributed by atoms with van der Waals surface area (Å²) in [6.45, 7) is 10.4. The highest BCUT2D eigenvalue weighted by Crippen LogP contribution is 2.30. The van der Waals surface area contributed by atoms with Gasteiger partial charge in [0, 0.05) is 32.7 Å². The first kappa shape index (κ1) is 27.2. The van der Waals surface area contributed by atoms with Crippen LogP contribution in [0.5, 0.6) is 5.75 Å². The van der Waals surface area contributed by atoms with Crippen LogP contribution in [0, 0.1) is 6.92 Å². The predicted octanol–water partition coefficient (Wildman–Crippen LogP) is 5.24. The van der Waals surface area contributed by atoms with E-state index in [4.69, 9.17) is 9.47 Å². The van der Waals surface area contributed by atoms with E-state index in [1.54, 1.807) is 12.1 Å². The Labute approximate surface area is 225 Å². The highest BCUT2D eigenvalue weighted by molar-refractivity contribution is 5.98. The molecule has 3 aromatic rings. The molecule has 1 fully saturated rings. The number of esters is 1. The van der Waals surface area contributed by atoms with Gasteiger partial charge in [0.05, 0.1) is 24.0 Å². The van der Waals surface area contributed by atoms with Crippen molar-refractivity contribution in [1.29, 1.82) is 0 Å². The van der Waals surface area contributed by atoms with E-state index >= 15 is 0 Å². The number of carbonyl (C=O) groups excluding carboxylic acids is 2. The summed E-state index contributed by atoms with van der Waals surface area (Å²) in [4.78, 5) is 29.9. The van der Waals surface area contributed by atoms with Crippen molar-refractivity contribution in [2.24, 2.45) is 0 Å². The lowest BCUT2D eigenvalue weighted by atomic mass is 10.0. The minimum Gasteiger partial charge on any atom is -0.483 e. The average molecular weight is 516 g/mol. The van der Waals surface area contributed by atoms with Crippen molar-refractivity contribution >= 4 is 23.3 Å². The second kappa shape index (κ2) is 12.6. The first-order valence-electron chi connectivity index (χ1n) is 13.1. The lowest BCUT2D eigenvalue weighted by Gasteiger charge is -2.37. The lowest BCUT2D eigenvalue weighted by molar-refractivity contribution is -0.118. The minimum absolute atomic E-state index is 0.129. The Morgan fingerprint density at radius 1 is 0.947 bits per heavy atom. The van der Waals surface area contributed by atoms with Crippen LogP contribution in [0.4, 0.5) is 11.4 Å². The first-order valence-corrected chi connectivity index (χ1v) is 13.1. The lowest BCUT2D eigenvalue weighted by Crippen LogP contribution is -2.46. The van der Waals surface area contributed by atoms with Gasteiger partial charge in [0.1, 0.15) is 5.75 Å². The zero-order valence-corrected chi connectivity index (χ0v) is 22.7. The van der Waals surface area contributed by atoms with E-state index in [2.05, 4.69) is 53.2 Å². The maximum absolute atomic E-state index is 13.0. The monoisotopic (exact) mass is 515 g/mol. The second-order valence-corrected chi connectivity index (χ2v) is 10.0. The van der Waals surface area contributed by atoms with Gasteiger partial charge in [-0.15, -0.1) is 0 Å². The molecule has 0 radical (unpaired) electrons. The van der Waals surface area contributed by atoms with Crippen LogP contribution in [0.15, 0.2) is 66.7 Å². The largest absolute Gasteiger partial charge is 0.483 e. The van der Waals surface area contributed by atoms with E-state index in [1.165, 1.54) is 12.7 Å². The molecule has 38 heavy (non-hydrogen) atoms. The number of nitrogens with one attached hydrogen (secondary N) is 1. The van der Waals surface area contributed by atoms with Crippen LogP contribution in [0.3, 0.4) is 0 Å². The molecule has 1 aliphatic heterocycles. The van der Waals surface area contributed by atoms with Gasteiger partial charge >= 0.3 is 5.97 Å². The number of carbonyl (C=O) groups is 2. The number of methoxy groups -OCH3 is 1. The summed E-state index contributed by atoms with van der Waals surface area (Å²) in [5, 5.41) is 2.98. The van der Waals surface area contributed by atoms with Gasteiger partial charge < -0.3 is 19.7 Å². The van der Waals surface area contributed by atoms with Gasteiger partial charge in [0.15, 0.2) is 6.61 Å². The quantitative estimate of drug-likeness (QED) is 0.393. The molecule has 200 valence electrons. The molecule has 1 amide bonds. The maximum atomic E-state index is 13.0. The van der Waals surface area contributed by atoms with Crippen LogP contribution in [0.1, 0.15) is 46.8 Å². The number of anilines is 2.